The normalized spacial score (nSPS) is 15.9. The van der Waals surface area contributed by atoms with Crippen LogP contribution in [0.1, 0.15) is 23.8 Å². The second kappa shape index (κ2) is 4.60. The van der Waals surface area contributed by atoms with E-state index in [2.05, 4.69) is 5.92 Å². The van der Waals surface area contributed by atoms with Crippen molar-refractivity contribution in [3.63, 3.8) is 0 Å². The van der Waals surface area contributed by atoms with Crippen molar-refractivity contribution >= 4 is 23.2 Å². The number of rotatable bonds is 4. The molecule has 1 aromatic heterocycles. The maximum atomic E-state index is 11.7. The summed E-state index contributed by atoms with van der Waals surface area (Å²) < 4.78 is 0. The summed E-state index contributed by atoms with van der Waals surface area (Å²) in [6.45, 7) is 0. The van der Waals surface area contributed by atoms with Gasteiger partial charge < -0.3 is 10.6 Å². The van der Waals surface area contributed by atoms with Gasteiger partial charge in [-0.05, 0) is 30.2 Å². The molecule has 1 saturated carbocycles. The first-order valence-corrected chi connectivity index (χ1v) is 6.14. The minimum atomic E-state index is -0.731. The average molecular weight is 248 g/mol. The van der Waals surface area contributed by atoms with E-state index in [0.717, 1.165) is 17.7 Å². The van der Waals surface area contributed by atoms with Gasteiger partial charge in [-0.15, -0.1) is 17.8 Å². The van der Waals surface area contributed by atoms with Crippen LogP contribution in [-0.4, -0.2) is 22.8 Å². The summed E-state index contributed by atoms with van der Waals surface area (Å²) in [7, 11) is 0. The molecule has 1 atom stereocenters. The summed E-state index contributed by atoms with van der Waals surface area (Å²) in [4.78, 5) is 25.5. The van der Waals surface area contributed by atoms with Gasteiger partial charge in [-0.1, -0.05) is 6.07 Å². The Labute approximate surface area is 103 Å². The Morgan fingerprint density at radius 2 is 2.29 bits per heavy atom. The van der Waals surface area contributed by atoms with E-state index in [4.69, 9.17) is 12.2 Å². The molecule has 2 rings (SSSR count). The van der Waals surface area contributed by atoms with Crippen molar-refractivity contribution in [1.29, 1.82) is 0 Å². The first-order chi connectivity index (χ1) is 8.15. The van der Waals surface area contributed by atoms with Crippen LogP contribution < -0.4 is 5.73 Å². The fourth-order valence-electron chi connectivity index (χ4n) is 1.78. The van der Waals surface area contributed by atoms with Crippen LogP contribution in [0, 0.1) is 12.3 Å². The number of primary amides is 1. The highest BCUT2D eigenvalue weighted by Crippen LogP contribution is 2.35. The zero-order valence-corrected chi connectivity index (χ0v) is 9.94. The zero-order chi connectivity index (χ0) is 12.4. The van der Waals surface area contributed by atoms with Gasteiger partial charge in [-0.3, -0.25) is 9.59 Å². The third-order valence-electron chi connectivity index (χ3n) is 2.66. The predicted molar refractivity (Wildman–Crippen MR) is 65.0 cm³/mol. The van der Waals surface area contributed by atoms with Crippen LogP contribution in [0.3, 0.4) is 0 Å². The number of carbonyl (C=O) groups excluding carboxylic acids is 2. The van der Waals surface area contributed by atoms with Gasteiger partial charge in [0, 0.05) is 10.9 Å². The zero-order valence-electron chi connectivity index (χ0n) is 9.13. The molecule has 2 amide bonds. The van der Waals surface area contributed by atoms with Gasteiger partial charge in [0.2, 0.25) is 5.91 Å². The number of nitrogens with zero attached hydrogens (tertiary/aromatic N) is 1. The second-order valence-corrected chi connectivity index (χ2v) is 4.89. The fourth-order valence-corrected chi connectivity index (χ4v) is 2.61. The second-order valence-electron chi connectivity index (χ2n) is 3.91. The van der Waals surface area contributed by atoms with Gasteiger partial charge in [0.25, 0.3) is 5.91 Å². The molecule has 2 N–H and O–H groups in total. The van der Waals surface area contributed by atoms with E-state index < -0.39 is 17.9 Å². The molecule has 5 heteroatoms. The third-order valence-corrected chi connectivity index (χ3v) is 3.58. The number of terminal acetylenes is 1. The summed E-state index contributed by atoms with van der Waals surface area (Å²) in [6.07, 6.45) is 6.90. The first-order valence-electron chi connectivity index (χ1n) is 5.26. The van der Waals surface area contributed by atoms with Gasteiger partial charge in [0.15, 0.2) is 0 Å². The minimum Gasteiger partial charge on any atom is -0.368 e. The van der Waals surface area contributed by atoms with Crippen molar-refractivity contribution < 1.29 is 9.59 Å². The largest absolute Gasteiger partial charge is 0.368 e. The highest BCUT2D eigenvalue weighted by molar-refractivity contribution is 7.10. The van der Waals surface area contributed by atoms with Crippen LogP contribution >= 0.6 is 11.3 Å². The summed E-state index contributed by atoms with van der Waals surface area (Å²) in [5, 5.41) is 1.84. The maximum absolute atomic E-state index is 11.7. The van der Waals surface area contributed by atoms with Crippen LogP contribution in [0.25, 0.3) is 0 Å². The SMILES string of the molecule is C#CC(=O)N(C1CC1)C(C(N)=O)c1cccs1. The van der Waals surface area contributed by atoms with Gasteiger partial charge in [0.1, 0.15) is 6.04 Å². The minimum absolute atomic E-state index is 0.0538. The van der Waals surface area contributed by atoms with Crippen LogP contribution in [0.5, 0.6) is 0 Å². The highest BCUT2D eigenvalue weighted by Gasteiger charge is 2.40. The lowest BCUT2D eigenvalue weighted by Crippen LogP contribution is -2.42. The van der Waals surface area contributed by atoms with E-state index in [-0.39, 0.29) is 6.04 Å². The quantitative estimate of drug-likeness (QED) is 0.805. The van der Waals surface area contributed by atoms with Crippen molar-refractivity contribution in [1.82, 2.24) is 4.90 Å². The van der Waals surface area contributed by atoms with Gasteiger partial charge >= 0.3 is 0 Å². The Kier molecular flexibility index (Phi) is 3.16. The van der Waals surface area contributed by atoms with Crippen LogP contribution in [0.15, 0.2) is 17.5 Å². The number of amides is 2. The van der Waals surface area contributed by atoms with Gasteiger partial charge in [0.05, 0.1) is 0 Å². The number of carbonyl (C=O) groups is 2. The Morgan fingerprint density at radius 1 is 1.59 bits per heavy atom. The molecule has 0 spiro atoms. The molecule has 0 saturated heterocycles. The van der Waals surface area contributed by atoms with Gasteiger partial charge in [-0.25, -0.2) is 0 Å². The van der Waals surface area contributed by atoms with Crippen LogP contribution in [0.4, 0.5) is 0 Å². The van der Waals surface area contributed by atoms with Crippen molar-refractivity contribution in [2.45, 2.75) is 24.9 Å². The summed E-state index contributed by atoms with van der Waals surface area (Å²) in [5.74, 6) is 1.06. The van der Waals surface area contributed by atoms with Crippen molar-refractivity contribution in [2.75, 3.05) is 0 Å². The number of thiophene rings is 1. The number of hydrogen-bond acceptors (Lipinski definition) is 3. The molecule has 0 aliphatic heterocycles. The molecule has 1 unspecified atom stereocenters. The number of hydrogen-bond donors (Lipinski definition) is 1. The molecule has 1 fully saturated rings. The molecule has 17 heavy (non-hydrogen) atoms. The average Bonchev–Trinajstić information content (AvgIpc) is 3.00. The molecule has 1 aliphatic carbocycles. The molecule has 4 nitrogen and oxygen atoms in total. The maximum Gasteiger partial charge on any atom is 0.299 e. The highest BCUT2D eigenvalue weighted by atomic mass is 32.1. The lowest BCUT2D eigenvalue weighted by molar-refractivity contribution is -0.135. The predicted octanol–water partition coefficient (Wildman–Crippen LogP) is 0.899. The van der Waals surface area contributed by atoms with E-state index in [1.807, 2.05) is 11.4 Å². The standard InChI is InChI=1S/C12H12N2O2S/c1-2-10(15)14(8-5-6-8)11(12(13)16)9-4-3-7-17-9/h1,3-4,7-8,11H,5-6H2,(H2,13,16). The molecule has 0 radical (unpaired) electrons. The molecular weight excluding hydrogens is 236 g/mol. The molecular formula is C12H12N2O2S. The molecule has 88 valence electrons. The lowest BCUT2D eigenvalue weighted by atomic mass is 10.2. The van der Waals surface area contributed by atoms with E-state index in [1.54, 1.807) is 6.07 Å². The first kappa shape index (κ1) is 11.7. The fraction of sp³-hybridized carbons (Fsp3) is 0.333. The Bertz CT molecular complexity index is 471. The van der Waals surface area contributed by atoms with E-state index >= 15 is 0 Å². The van der Waals surface area contributed by atoms with E-state index in [1.165, 1.54) is 16.2 Å². The third kappa shape index (κ3) is 2.32. The summed E-state index contributed by atoms with van der Waals surface area (Å²) >= 11 is 1.40. The lowest BCUT2D eigenvalue weighted by Gasteiger charge is -2.27. The molecule has 0 bridgehead atoms. The summed E-state index contributed by atoms with van der Waals surface area (Å²) in [6, 6.07) is 2.94. The van der Waals surface area contributed by atoms with Crippen LogP contribution in [-0.2, 0) is 9.59 Å². The van der Waals surface area contributed by atoms with Crippen molar-refractivity contribution in [3.05, 3.63) is 22.4 Å². The van der Waals surface area contributed by atoms with E-state index in [9.17, 15) is 9.59 Å². The van der Waals surface area contributed by atoms with E-state index in [0.29, 0.717) is 0 Å². The Hall–Kier alpha value is -1.80. The molecule has 1 heterocycles. The summed E-state index contributed by atoms with van der Waals surface area (Å²) in [5.41, 5.74) is 5.39. The van der Waals surface area contributed by atoms with Crippen LogP contribution in [0.2, 0.25) is 0 Å². The van der Waals surface area contributed by atoms with Crippen molar-refractivity contribution in [2.24, 2.45) is 5.73 Å². The van der Waals surface area contributed by atoms with Gasteiger partial charge in [-0.2, -0.15) is 0 Å². The monoisotopic (exact) mass is 248 g/mol. The Morgan fingerprint density at radius 3 is 2.71 bits per heavy atom. The number of nitrogens with two attached hydrogens (primary N) is 1. The molecule has 1 aromatic rings. The molecule has 1 aliphatic rings. The topological polar surface area (TPSA) is 63.4 Å². The Balaban J connectivity index is 2.34. The molecule has 0 aromatic carbocycles. The van der Waals surface area contributed by atoms with Crippen molar-refractivity contribution in [3.8, 4) is 12.3 Å². The smallest absolute Gasteiger partial charge is 0.299 e.